The van der Waals surface area contributed by atoms with Gasteiger partial charge >= 0.3 is 0 Å². The molecule has 1 aromatic heterocycles. The van der Waals surface area contributed by atoms with Gasteiger partial charge in [-0.2, -0.15) is 0 Å². The van der Waals surface area contributed by atoms with Crippen LogP contribution < -0.4 is 5.32 Å². The van der Waals surface area contributed by atoms with Gasteiger partial charge in [0.25, 0.3) is 0 Å². The van der Waals surface area contributed by atoms with E-state index in [1.54, 1.807) is 12.3 Å². The van der Waals surface area contributed by atoms with Crippen LogP contribution in [0.4, 0.5) is 5.69 Å². The van der Waals surface area contributed by atoms with Crippen LogP contribution >= 0.6 is 39.1 Å². The average Bonchev–Trinajstić information content (AvgIpc) is 2.28. The minimum atomic E-state index is 0.477. The Morgan fingerprint density at radius 3 is 2.71 bits per heavy atom. The maximum atomic E-state index is 5.88. The lowest BCUT2D eigenvalue weighted by atomic mass is 10.2. The number of nitrogens with zero attached hydrogens (tertiary/aromatic N) is 1. The molecule has 0 amide bonds. The second kappa shape index (κ2) is 5.71. The third-order valence-electron chi connectivity index (χ3n) is 2.22. The minimum Gasteiger partial charge on any atom is -0.381 e. The molecule has 0 unspecified atom stereocenters. The lowest BCUT2D eigenvalue weighted by Crippen LogP contribution is -2.00. The number of hydrogen-bond donors (Lipinski definition) is 1. The smallest absolute Gasteiger partial charge is 0.131 e. The molecule has 0 aliphatic carbocycles. The van der Waals surface area contributed by atoms with E-state index in [1.807, 2.05) is 24.3 Å². The minimum absolute atomic E-state index is 0.477. The van der Waals surface area contributed by atoms with Crippen molar-refractivity contribution in [3.63, 3.8) is 0 Å². The molecule has 1 heterocycles. The van der Waals surface area contributed by atoms with Crippen molar-refractivity contribution in [2.75, 3.05) is 5.32 Å². The number of hydrogen-bond acceptors (Lipinski definition) is 2. The van der Waals surface area contributed by atoms with Gasteiger partial charge in [-0.05, 0) is 29.8 Å². The van der Waals surface area contributed by atoms with Crippen LogP contribution in [0.1, 0.15) is 5.56 Å². The van der Waals surface area contributed by atoms with E-state index in [0.29, 0.717) is 16.7 Å². The van der Waals surface area contributed by atoms with Crippen LogP contribution in [0.25, 0.3) is 0 Å². The Bertz CT molecular complexity index is 532. The van der Waals surface area contributed by atoms with Crippen molar-refractivity contribution in [3.8, 4) is 0 Å². The zero-order valence-corrected chi connectivity index (χ0v) is 11.9. The predicted octanol–water partition coefficient (Wildman–Crippen LogP) is 4.76. The van der Waals surface area contributed by atoms with Crippen molar-refractivity contribution in [1.82, 2.24) is 4.98 Å². The summed E-state index contributed by atoms with van der Waals surface area (Å²) in [6.07, 6.45) is 1.67. The second-order valence-electron chi connectivity index (χ2n) is 3.46. The van der Waals surface area contributed by atoms with E-state index in [4.69, 9.17) is 23.2 Å². The second-order valence-corrected chi connectivity index (χ2v) is 5.13. The molecule has 5 heteroatoms. The highest BCUT2D eigenvalue weighted by Gasteiger charge is 2.01. The summed E-state index contributed by atoms with van der Waals surface area (Å²) in [5, 5.41) is 4.46. The van der Waals surface area contributed by atoms with Crippen LogP contribution in [0.3, 0.4) is 0 Å². The van der Waals surface area contributed by atoms with Crippen molar-refractivity contribution >= 4 is 44.8 Å². The Balaban J connectivity index is 2.07. The largest absolute Gasteiger partial charge is 0.381 e. The summed E-state index contributed by atoms with van der Waals surface area (Å²) in [4.78, 5) is 3.92. The maximum Gasteiger partial charge on any atom is 0.131 e. The van der Waals surface area contributed by atoms with E-state index in [9.17, 15) is 0 Å². The van der Waals surface area contributed by atoms with E-state index in [-0.39, 0.29) is 0 Å². The molecule has 0 radical (unpaired) electrons. The number of aromatic nitrogens is 1. The lowest BCUT2D eigenvalue weighted by Gasteiger charge is -2.08. The third kappa shape index (κ3) is 3.60. The van der Waals surface area contributed by atoms with Gasteiger partial charge in [0.2, 0.25) is 0 Å². The molecule has 0 aliphatic heterocycles. The first kappa shape index (κ1) is 12.7. The molecule has 88 valence electrons. The highest BCUT2D eigenvalue weighted by molar-refractivity contribution is 9.10. The molecular weight excluding hydrogens is 323 g/mol. The van der Waals surface area contributed by atoms with Crippen LogP contribution in [0.15, 0.2) is 41.0 Å². The third-order valence-corrected chi connectivity index (χ3v) is 3.40. The van der Waals surface area contributed by atoms with Crippen LogP contribution in [-0.4, -0.2) is 4.98 Å². The van der Waals surface area contributed by atoms with Gasteiger partial charge in [-0.1, -0.05) is 45.2 Å². The first-order chi connectivity index (χ1) is 8.15. The van der Waals surface area contributed by atoms with Gasteiger partial charge in [-0.25, -0.2) is 4.98 Å². The molecule has 2 aromatic rings. The molecule has 0 fully saturated rings. The number of anilines is 1. The molecule has 1 aromatic carbocycles. The number of nitrogens with one attached hydrogen (secondary N) is 1. The molecule has 0 saturated carbocycles. The molecule has 0 saturated heterocycles. The van der Waals surface area contributed by atoms with Crippen LogP contribution in [0.5, 0.6) is 0 Å². The highest BCUT2D eigenvalue weighted by Crippen LogP contribution is 2.22. The van der Waals surface area contributed by atoms with Gasteiger partial charge in [-0.3, -0.25) is 0 Å². The maximum absolute atomic E-state index is 5.88. The Labute approximate surface area is 118 Å². The van der Waals surface area contributed by atoms with Gasteiger partial charge in [0.15, 0.2) is 0 Å². The Kier molecular flexibility index (Phi) is 4.26. The van der Waals surface area contributed by atoms with E-state index in [0.717, 1.165) is 15.7 Å². The molecule has 1 N–H and O–H groups in total. The quantitative estimate of drug-likeness (QED) is 0.820. The van der Waals surface area contributed by atoms with Gasteiger partial charge in [0, 0.05) is 27.9 Å². The molecule has 2 rings (SSSR count). The van der Waals surface area contributed by atoms with Gasteiger partial charge in [0.05, 0.1) is 0 Å². The summed E-state index contributed by atoms with van der Waals surface area (Å²) in [5.41, 5.74) is 2.06. The van der Waals surface area contributed by atoms with E-state index in [1.165, 1.54) is 0 Å². The predicted molar refractivity (Wildman–Crippen MR) is 75.7 cm³/mol. The average molecular weight is 332 g/mol. The first-order valence-corrected chi connectivity index (χ1v) is 6.49. The summed E-state index contributed by atoms with van der Waals surface area (Å²) >= 11 is 15.2. The highest BCUT2D eigenvalue weighted by atomic mass is 79.9. The molecule has 2 nitrogen and oxygen atoms in total. The fraction of sp³-hybridized carbons (Fsp3) is 0.0833. The Hall–Kier alpha value is -0.770. The van der Waals surface area contributed by atoms with Crippen molar-refractivity contribution in [3.05, 3.63) is 56.7 Å². The molecule has 0 bridgehead atoms. The SMILES string of the molecule is Clc1ccc(CNc2ccnc(Cl)c2)c(Br)c1. The summed E-state index contributed by atoms with van der Waals surface area (Å²) in [6.45, 7) is 0.693. The Morgan fingerprint density at radius 1 is 1.18 bits per heavy atom. The summed E-state index contributed by atoms with van der Waals surface area (Å²) < 4.78 is 0.984. The standard InChI is InChI=1S/C12H9BrCl2N2/c13-11-5-9(14)2-1-8(11)7-17-10-3-4-16-12(15)6-10/h1-6H,7H2,(H,16,17). The fourth-order valence-corrected chi connectivity index (χ4v) is 2.37. The zero-order chi connectivity index (χ0) is 12.3. The number of pyridine rings is 1. The van der Waals surface area contributed by atoms with E-state index < -0.39 is 0 Å². The topological polar surface area (TPSA) is 24.9 Å². The lowest BCUT2D eigenvalue weighted by molar-refractivity contribution is 1.13. The first-order valence-electron chi connectivity index (χ1n) is 4.94. The van der Waals surface area contributed by atoms with Crippen molar-refractivity contribution in [2.24, 2.45) is 0 Å². The van der Waals surface area contributed by atoms with Crippen LogP contribution in [-0.2, 0) is 6.54 Å². The van der Waals surface area contributed by atoms with Crippen molar-refractivity contribution in [1.29, 1.82) is 0 Å². The molecule has 0 atom stereocenters. The van der Waals surface area contributed by atoms with Crippen LogP contribution in [0, 0.1) is 0 Å². The molecular formula is C12H9BrCl2N2. The van der Waals surface area contributed by atoms with Gasteiger partial charge in [0.1, 0.15) is 5.15 Å². The van der Waals surface area contributed by atoms with E-state index >= 15 is 0 Å². The molecule has 0 spiro atoms. The number of benzene rings is 1. The summed E-state index contributed by atoms with van der Waals surface area (Å²) in [6, 6.07) is 9.37. The van der Waals surface area contributed by atoms with E-state index in [2.05, 4.69) is 26.2 Å². The van der Waals surface area contributed by atoms with Crippen molar-refractivity contribution < 1.29 is 0 Å². The molecule has 0 aliphatic rings. The van der Waals surface area contributed by atoms with Crippen LogP contribution in [0.2, 0.25) is 10.2 Å². The fourth-order valence-electron chi connectivity index (χ4n) is 1.37. The monoisotopic (exact) mass is 330 g/mol. The summed E-state index contributed by atoms with van der Waals surface area (Å²) in [7, 11) is 0. The number of halogens is 3. The normalized spacial score (nSPS) is 10.3. The van der Waals surface area contributed by atoms with Gasteiger partial charge in [-0.15, -0.1) is 0 Å². The Morgan fingerprint density at radius 2 is 2.00 bits per heavy atom. The zero-order valence-electron chi connectivity index (χ0n) is 8.75. The van der Waals surface area contributed by atoms with Crippen molar-refractivity contribution in [2.45, 2.75) is 6.54 Å². The van der Waals surface area contributed by atoms with Gasteiger partial charge < -0.3 is 5.32 Å². The number of rotatable bonds is 3. The summed E-state index contributed by atoms with van der Waals surface area (Å²) in [5.74, 6) is 0. The molecule has 17 heavy (non-hydrogen) atoms.